The van der Waals surface area contributed by atoms with Crippen LogP contribution in [0.15, 0.2) is 54.6 Å². The highest BCUT2D eigenvalue weighted by atomic mass is 16.3. The van der Waals surface area contributed by atoms with Crippen molar-refractivity contribution in [2.75, 3.05) is 10.6 Å². The van der Waals surface area contributed by atoms with Gasteiger partial charge in [0.1, 0.15) is 5.75 Å². The number of rotatable bonds is 2. The van der Waals surface area contributed by atoms with E-state index in [0.717, 1.165) is 16.3 Å². The van der Waals surface area contributed by atoms with Gasteiger partial charge in [-0.05, 0) is 40.6 Å². The van der Waals surface area contributed by atoms with Crippen molar-refractivity contribution in [3.05, 3.63) is 65.7 Å². The smallest absolute Gasteiger partial charge is 0.259 e. The zero-order chi connectivity index (χ0) is 16.7. The molecule has 3 aromatic rings. The molecule has 0 atom stereocenters. The van der Waals surface area contributed by atoms with Crippen molar-refractivity contribution >= 4 is 34.0 Å². The molecule has 0 aliphatic carbocycles. The van der Waals surface area contributed by atoms with Gasteiger partial charge in [0.2, 0.25) is 5.91 Å². The summed E-state index contributed by atoms with van der Waals surface area (Å²) in [6, 6.07) is 16.0. The molecule has 5 heteroatoms. The van der Waals surface area contributed by atoms with Crippen LogP contribution in [0.1, 0.15) is 15.9 Å². The van der Waals surface area contributed by atoms with E-state index in [2.05, 4.69) is 10.6 Å². The van der Waals surface area contributed by atoms with Crippen molar-refractivity contribution in [2.24, 2.45) is 0 Å². The Hall–Kier alpha value is -3.34. The number of amides is 2. The number of anilines is 2. The summed E-state index contributed by atoms with van der Waals surface area (Å²) in [5.41, 5.74) is 2.39. The number of phenolic OH excluding ortho intramolecular Hbond substituents is 1. The normalized spacial score (nSPS) is 12.8. The number of fused-ring (bicyclic) bond motifs is 2. The lowest BCUT2D eigenvalue weighted by atomic mass is 10.1. The summed E-state index contributed by atoms with van der Waals surface area (Å²) in [6.45, 7) is 0. The van der Waals surface area contributed by atoms with E-state index in [4.69, 9.17) is 0 Å². The highest BCUT2D eigenvalue weighted by molar-refractivity contribution is 6.09. The average Bonchev–Trinajstić information content (AvgIpc) is 2.93. The first kappa shape index (κ1) is 14.3. The monoisotopic (exact) mass is 318 g/mol. The molecule has 2 amide bonds. The summed E-state index contributed by atoms with van der Waals surface area (Å²) in [5, 5.41) is 17.4. The van der Waals surface area contributed by atoms with Crippen molar-refractivity contribution in [1.82, 2.24) is 0 Å². The summed E-state index contributed by atoms with van der Waals surface area (Å²) in [6.07, 6.45) is 0.356. The fourth-order valence-electron chi connectivity index (χ4n) is 2.90. The first-order valence-corrected chi connectivity index (χ1v) is 7.56. The number of benzene rings is 3. The van der Waals surface area contributed by atoms with E-state index in [1.165, 1.54) is 0 Å². The number of carbonyl (C=O) groups is 2. The molecule has 0 bridgehead atoms. The van der Waals surface area contributed by atoms with Gasteiger partial charge in [0.15, 0.2) is 0 Å². The zero-order valence-electron chi connectivity index (χ0n) is 12.7. The Labute approximate surface area is 137 Å². The van der Waals surface area contributed by atoms with Gasteiger partial charge >= 0.3 is 0 Å². The lowest BCUT2D eigenvalue weighted by Gasteiger charge is -2.09. The third kappa shape index (κ3) is 2.46. The van der Waals surface area contributed by atoms with Crippen molar-refractivity contribution < 1.29 is 14.7 Å². The standard InChI is InChI=1S/C19H14N2O3/c22-17-8-12-4-2-1-3-11(12)7-15(17)19(24)20-14-6-5-13-9-18(23)21-16(13)10-14/h1-8,10,22H,9H2,(H,20,24)(H,21,23). The number of phenols is 1. The fraction of sp³-hybridized carbons (Fsp3) is 0.0526. The predicted molar refractivity (Wildman–Crippen MR) is 92.3 cm³/mol. The van der Waals surface area contributed by atoms with Gasteiger partial charge in [-0.3, -0.25) is 9.59 Å². The highest BCUT2D eigenvalue weighted by Gasteiger charge is 2.18. The Morgan fingerprint density at radius 3 is 2.58 bits per heavy atom. The zero-order valence-corrected chi connectivity index (χ0v) is 12.7. The van der Waals surface area contributed by atoms with Crippen LogP contribution in [0.4, 0.5) is 11.4 Å². The molecule has 0 radical (unpaired) electrons. The first-order valence-electron chi connectivity index (χ1n) is 7.56. The molecule has 24 heavy (non-hydrogen) atoms. The van der Waals surface area contributed by atoms with Crippen LogP contribution in [0.5, 0.6) is 5.75 Å². The highest BCUT2D eigenvalue weighted by Crippen LogP contribution is 2.28. The molecule has 0 unspecified atom stereocenters. The minimum absolute atomic E-state index is 0.0550. The van der Waals surface area contributed by atoms with Gasteiger partial charge in [0.25, 0.3) is 5.91 Å². The molecule has 3 N–H and O–H groups in total. The molecular weight excluding hydrogens is 304 g/mol. The van der Waals surface area contributed by atoms with E-state index >= 15 is 0 Å². The van der Waals surface area contributed by atoms with Crippen LogP contribution in [0, 0.1) is 0 Å². The molecule has 0 aromatic heterocycles. The van der Waals surface area contributed by atoms with E-state index in [0.29, 0.717) is 17.8 Å². The van der Waals surface area contributed by atoms with E-state index in [1.54, 1.807) is 24.3 Å². The third-order valence-corrected chi connectivity index (χ3v) is 4.10. The van der Waals surface area contributed by atoms with Gasteiger partial charge in [-0.1, -0.05) is 30.3 Å². The molecule has 1 aliphatic heterocycles. The van der Waals surface area contributed by atoms with Gasteiger partial charge in [-0.2, -0.15) is 0 Å². The van der Waals surface area contributed by atoms with Gasteiger partial charge in [0.05, 0.1) is 12.0 Å². The summed E-state index contributed by atoms with van der Waals surface area (Å²) in [5.74, 6) is -0.524. The SMILES string of the molecule is O=C1Cc2ccc(NC(=O)c3cc4ccccc4cc3O)cc2N1. The molecule has 1 aliphatic rings. The van der Waals surface area contributed by atoms with Crippen LogP contribution in [0.25, 0.3) is 10.8 Å². The van der Waals surface area contributed by atoms with Crippen molar-refractivity contribution in [3.63, 3.8) is 0 Å². The second kappa shape index (κ2) is 5.38. The van der Waals surface area contributed by atoms with Crippen LogP contribution in [-0.4, -0.2) is 16.9 Å². The predicted octanol–water partition coefficient (Wildman–Crippen LogP) is 3.29. The number of hydrogen-bond acceptors (Lipinski definition) is 3. The summed E-state index contributed by atoms with van der Waals surface area (Å²) >= 11 is 0. The molecule has 118 valence electrons. The molecule has 3 aromatic carbocycles. The first-order chi connectivity index (χ1) is 11.6. The number of carbonyl (C=O) groups excluding carboxylic acids is 2. The summed E-state index contributed by atoms with van der Waals surface area (Å²) < 4.78 is 0. The Bertz CT molecular complexity index is 995. The van der Waals surface area contributed by atoms with Crippen LogP contribution in [0.2, 0.25) is 0 Å². The Morgan fingerprint density at radius 1 is 1.04 bits per heavy atom. The number of aromatic hydroxyl groups is 1. The van der Waals surface area contributed by atoms with Crippen molar-refractivity contribution in [3.8, 4) is 5.75 Å². The maximum Gasteiger partial charge on any atom is 0.259 e. The molecule has 5 nitrogen and oxygen atoms in total. The Kier molecular flexibility index (Phi) is 3.20. The summed E-state index contributed by atoms with van der Waals surface area (Å²) in [4.78, 5) is 23.9. The van der Waals surface area contributed by atoms with Crippen LogP contribution in [-0.2, 0) is 11.2 Å². The summed E-state index contributed by atoms with van der Waals surface area (Å²) in [7, 11) is 0. The Balaban J connectivity index is 1.64. The number of hydrogen-bond donors (Lipinski definition) is 3. The van der Waals surface area contributed by atoms with Crippen LogP contribution >= 0.6 is 0 Å². The topological polar surface area (TPSA) is 78.4 Å². The molecular formula is C19H14N2O3. The largest absolute Gasteiger partial charge is 0.507 e. The quantitative estimate of drug-likeness (QED) is 0.678. The second-order valence-electron chi connectivity index (χ2n) is 5.77. The van der Waals surface area contributed by atoms with Crippen LogP contribution in [0.3, 0.4) is 0 Å². The number of nitrogens with one attached hydrogen (secondary N) is 2. The lowest BCUT2D eigenvalue weighted by Crippen LogP contribution is -2.12. The van der Waals surface area contributed by atoms with Gasteiger partial charge in [0, 0.05) is 11.4 Å². The fourth-order valence-corrected chi connectivity index (χ4v) is 2.90. The van der Waals surface area contributed by atoms with Crippen molar-refractivity contribution in [2.45, 2.75) is 6.42 Å². The maximum absolute atomic E-state index is 12.5. The molecule has 0 saturated heterocycles. The second-order valence-corrected chi connectivity index (χ2v) is 5.77. The van der Waals surface area contributed by atoms with E-state index < -0.39 is 5.91 Å². The molecule has 4 rings (SSSR count). The van der Waals surface area contributed by atoms with Gasteiger partial charge in [-0.15, -0.1) is 0 Å². The maximum atomic E-state index is 12.5. The Morgan fingerprint density at radius 2 is 1.79 bits per heavy atom. The van der Waals surface area contributed by atoms with Crippen LogP contribution < -0.4 is 10.6 Å². The van der Waals surface area contributed by atoms with E-state index in [-0.39, 0.29) is 17.2 Å². The van der Waals surface area contributed by atoms with E-state index in [9.17, 15) is 14.7 Å². The van der Waals surface area contributed by atoms with Gasteiger partial charge < -0.3 is 15.7 Å². The molecule has 0 fully saturated rings. The minimum atomic E-state index is -0.400. The molecule has 0 saturated carbocycles. The average molecular weight is 318 g/mol. The molecule has 0 spiro atoms. The lowest BCUT2D eigenvalue weighted by molar-refractivity contribution is -0.115. The van der Waals surface area contributed by atoms with Gasteiger partial charge in [-0.25, -0.2) is 0 Å². The van der Waals surface area contributed by atoms with E-state index in [1.807, 2.05) is 30.3 Å². The molecule has 1 heterocycles. The third-order valence-electron chi connectivity index (χ3n) is 4.10. The minimum Gasteiger partial charge on any atom is -0.507 e. The van der Waals surface area contributed by atoms with Crippen molar-refractivity contribution in [1.29, 1.82) is 0 Å².